The smallest absolute Gasteiger partial charge is 0.445 e. The Morgan fingerprint density at radius 3 is 2.56 bits per heavy atom. The van der Waals surface area contributed by atoms with Gasteiger partial charge in [-0.3, -0.25) is 9.78 Å². The monoisotopic (exact) mass is 254 g/mol. The minimum atomic E-state index is -4.97. The molecule has 16 heavy (non-hydrogen) atoms. The van der Waals surface area contributed by atoms with Crippen molar-refractivity contribution in [2.45, 2.75) is 0 Å². The molecule has 0 aliphatic rings. The van der Waals surface area contributed by atoms with E-state index in [1.807, 2.05) is 0 Å². The number of carbonyl (C=O) groups is 1. The first-order valence-electron chi connectivity index (χ1n) is 4.03. The maximum atomic E-state index is 11.9. The molecule has 1 rings (SSSR count). The summed E-state index contributed by atoms with van der Waals surface area (Å²) in [4.78, 5) is 14.3. The number of pyridine rings is 1. The predicted molar refractivity (Wildman–Crippen MR) is 50.9 cm³/mol. The van der Waals surface area contributed by atoms with Crippen LogP contribution in [0.4, 0.5) is 12.9 Å². The zero-order valence-electron chi connectivity index (χ0n) is 8.53. The number of hydrogen-bond donors (Lipinski definition) is 1. The number of nitrogens with two attached hydrogens (primary N) is 1. The fraction of sp³-hybridized carbons (Fsp3) is 0. The van der Waals surface area contributed by atoms with E-state index in [9.17, 15) is 17.7 Å². The summed E-state index contributed by atoms with van der Waals surface area (Å²) >= 11 is 0. The number of primary amides is 1. The number of carbonyl (C=O) groups excluding carboxylic acids is 1. The summed E-state index contributed by atoms with van der Waals surface area (Å²) in [6.45, 7) is -4.97. The average Bonchev–Trinajstić information content (AvgIpc) is 2.14. The Kier molecular flexibility index (Phi) is 6.49. The first kappa shape index (κ1) is 15.9. The largest absolute Gasteiger partial charge is 1.00 e. The molecule has 0 spiro atoms. The summed E-state index contributed by atoms with van der Waals surface area (Å²) in [6.07, 6.45) is 2.09. The van der Waals surface area contributed by atoms with Gasteiger partial charge in [0.2, 0.25) is 0 Å². The minimum absolute atomic E-state index is 0. The van der Waals surface area contributed by atoms with E-state index in [0.29, 0.717) is 0 Å². The van der Waals surface area contributed by atoms with Crippen LogP contribution in [0.5, 0.6) is 0 Å². The SMILES string of the molecule is NC(=O)c1cc(/C=C/[B-](F)(F)F)ccn1.[K+]. The van der Waals surface area contributed by atoms with Crippen LogP contribution >= 0.6 is 0 Å². The van der Waals surface area contributed by atoms with Gasteiger partial charge >= 0.3 is 58.4 Å². The van der Waals surface area contributed by atoms with Crippen LogP contribution in [0.1, 0.15) is 16.1 Å². The third kappa shape index (κ3) is 5.81. The molecule has 8 heteroatoms. The quantitative estimate of drug-likeness (QED) is 0.673. The number of aromatic nitrogens is 1. The fourth-order valence-electron chi connectivity index (χ4n) is 0.906. The van der Waals surface area contributed by atoms with Crippen molar-refractivity contribution in [3.8, 4) is 0 Å². The fourth-order valence-corrected chi connectivity index (χ4v) is 0.906. The van der Waals surface area contributed by atoms with Crippen molar-refractivity contribution in [2.75, 3.05) is 0 Å². The molecule has 0 saturated carbocycles. The molecule has 0 bridgehead atoms. The number of amides is 1. The van der Waals surface area contributed by atoms with Gasteiger partial charge in [0, 0.05) is 6.20 Å². The first-order chi connectivity index (χ1) is 6.88. The van der Waals surface area contributed by atoms with E-state index < -0.39 is 12.9 Å². The zero-order valence-corrected chi connectivity index (χ0v) is 11.7. The van der Waals surface area contributed by atoms with Gasteiger partial charge in [-0.05, 0) is 17.7 Å². The second-order valence-electron chi connectivity index (χ2n) is 2.82. The molecule has 0 saturated heterocycles. The van der Waals surface area contributed by atoms with Crippen molar-refractivity contribution >= 4 is 19.0 Å². The average molecular weight is 254 g/mol. The molecular weight excluding hydrogens is 247 g/mol. The van der Waals surface area contributed by atoms with Crippen molar-refractivity contribution in [3.05, 3.63) is 35.6 Å². The summed E-state index contributed by atoms with van der Waals surface area (Å²) in [6, 6.07) is 2.55. The summed E-state index contributed by atoms with van der Waals surface area (Å²) < 4.78 is 35.6. The molecule has 1 heterocycles. The molecule has 1 aromatic heterocycles. The van der Waals surface area contributed by atoms with Gasteiger partial charge in [-0.15, -0.1) is 5.98 Å². The Balaban J connectivity index is 0.00000225. The summed E-state index contributed by atoms with van der Waals surface area (Å²) in [5.74, 6) is -0.636. The van der Waals surface area contributed by atoms with Crippen molar-refractivity contribution < 1.29 is 69.1 Å². The molecule has 0 aliphatic carbocycles. The van der Waals surface area contributed by atoms with Crippen LogP contribution in [0.2, 0.25) is 0 Å². The molecule has 0 unspecified atom stereocenters. The molecule has 3 nitrogen and oxygen atoms in total. The summed E-state index contributed by atoms with van der Waals surface area (Å²) in [7, 11) is 0. The molecule has 2 N–H and O–H groups in total. The van der Waals surface area contributed by atoms with E-state index in [0.717, 1.165) is 6.08 Å². The van der Waals surface area contributed by atoms with Gasteiger partial charge in [-0.25, -0.2) is 0 Å². The van der Waals surface area contributed by atoms with Crippen molar-refractivity contribution in [3.63, 3.8) is 0 Å². The van der Waals surface area contributed by atoms with E-state index in [2.05, 4.69) is 4.98 Å². The van der Waals surface area contributed by atoms with Gasteiger partial charge in [-0.2, -0.15) is 0 Å². The number of halogens is 3. The van der Waals surface area contributed by atoms with Crippen molar-refractivity contribution in [1.82, 2.24) is 4.98 Å². The normalized spacial score (nSPS) is 11.2. The van der Waals surface area contributed by atoms with Gasteiger partial charge < -0.3 is 18.7 Å². The second-order valence-corrected chi connectivity index (χ2v) is 2.82. The van der Waals surface area contributed by atoms with E-state index in [1.54, 1.807) is 0 Å². The Bertz CT molecular complexity index is 409. The van der Waals surface area contributed by atoms with E-state index >= 15 is 0 Å². The Morgan fingerprint density at radius 1 is 1.44 bits per heavy atom. The number of rotatable bonds is 3. The van der Waals surface area contributed by atoms with Crippen LogP contribution in [0.3, 0.4) is 0 Å². The third-order valence-corrected chi connectivity index (χ3v) is 1.54. The predicted octanol–water partition coefficient (Wildman–Crippen LogP) is -1.42. The summed E-state index contributed by atoms with van der Waals surface area (Å²) in [5.41, 5.74) is 5.09. The molecule has 1 amide bonds. The third-order valence-electron chi connectivity index (χ3n) is 1.54. The Hall–Kier alpha value is -0.149. The van der Waals surface area contributed by atoms with Gasteiger partial charge in [0.05, 0.1) is 0 Å². The second kappa shape index (κ2) is 6.55. The Labute approximate surface area is 133 Å². The molecular formula is C8H7BF3KN2O. The maximum absolute atomic E-state index is 11.9. The van der Waals surface area contributed by atoms with Crippen LogP contribution in [0.15, 0.2) is 24.3 Å². The van der Waals surface area contributed by atoms with E-state index in [4.69, 9.17) is 5.73 Å². The molecule has 0 radical (unpaired) electrons. The van der Waals surface area contributed by atoms with Crippen molar-refractivity contribution in [2.24, 2.45) is 5.73 Å². The molecule has 80 valence electrons. The van der Waals surface area contributed by atoms with Crippen molar-refractivity contribution in [1.29, 1.82) is 0 Å². The summed E-state index contributed by atoms with van der Waals surface area (Å²) in [5, 5.41) is 0. The first-order valence-corrected chi connectivity index (χ1v) is 4.03. The zero-order chi connectivity index (χ0) is 11.5. The molecule has 0 aliphatic heterocycles. The molecule has 0 aromatic carbocycles. The van der Waals surface area contributed by atoms with Crippen LogP contribution in [-0.4, -0.2) is 17.9 Å². The minimum Gasteiger partial charge on any atom is -0.445 e. The van der Waals surface area contributed by atoms with Crippen LogP contribution in [0.25, 0.3) is 6.08 Å². The topological polar surface area (TPSA) is 56.0 Å². The maximum Gasteiger partial charge on any atom is 1.00 e. The standard InChI is InChI=1S/C8H7BF3N2O.K/c10-9(11,12)3-1-6-2-4-14-7(5-6)8(13)15;/h1-5H,(H2,13,15);/q-1;+1/b3-1+;. The van der Waals surface area contributed by atoms with Gasteiger partial charge in [0.1, 0.15) is 5.69 Å². The molecule has 1 aromatic rings. The number of hydrogen-bond acceptors (Lipinski definition) is 2. The van der Waals surface area contributed by atoms with Crippen LogP contribution < -0.4 is 57.1 Å². The molecule has 0 fully saturated rings. The van der Waals surface area contributed by atoms with Gasteiger partial charge in [0.25, 0.3) is 5.91 Å². The van der Waals surface area contributed by atoms with E-state index in [1.165, 1.54) is 18.3 Å². The van der Waals surface area contributed by atoms with Crippen LogP contribution in [0, 0.1) is 0 Å². The van der Waals surface area contributed by atoms with Crippen LogP contribution in [-0.2, 0) is 0 Å². The Morgan fingerprint density at radius 2 is 2.06 bits per heavy atom. The van der Waals surface area contributed by atoms with Gasteiger partial charge in [-0.1, -0.05) is 6.08 Å². The van der Waals surface area contributed by atoms with E-state index in [-0.39, 0.29) is 68.6 Å². The molecule has 0 atom stereocenters. The van der Waals surface area contributed by atoms with Gasteiger partial charge in [0.15, 0.2) is 0 Å². The number of nitrogens with zero attached hydrogens (tertiary/aromatic N) is 1.